The van der Waals surface area contributed by atoms with E-state index in [0.717, 1.165) is 0 Å². The van der Waals surface area contributed by atoms with Gasteiger partial charge in [-0.25, -0.2) is 0 Å². The van der Waals surface area contributed by atoms with Crippen molar-refractivity contribution in [1.29, 1.82) is 0 Å². The smallest absolute Gasteiger partial charge is 0.280 e. The van der Waals surface area contributed by atoms with E-state index in [1.807, 2.05) is 0 Å². The van der Waals surface area contributed by atoms with Crippen molar-refractivity contribution in [3.63, 3.8) is 0 Å². The van der Waals surface area contributed by atoms with E-state index in [1.54, 1.807) is 30.3 Å². The number of Topliss-reactive ketones (excluding diaryl/α,β-unsaturated/α-hetero) is 1. The van der Waals surface area contributed by atoms with Gasteiger partial charge in [-0.15, -0.1) is 0 Å². The molecule has 0 saturated carbocycles. The Balaban J connectivity index is 2.45. The van der Waals surface area contributed by atoms with Crippen LogP contribution in [0.15, 0.2) is 54.6 Å². The molecule has 100 valence electrons. The van der Waals surface area contributed by atoms with Crippen LogP contribution in [0.4, 0.5) is 5.69 Å². The summed E-state index contributed by atoms with van der Waals surface area (Å²) in [6.45, 7) is 0. The second kappa shape index (κ2) is 5.88. The van der Waals surface area contributed by atoms with E-state index in [9.17, 15) is 19.7 Å². The standard InChI is InChI=1S/C15H11NO4/c17-10-13(11-6-2-1-3-7-11)15(18)12-8-4-5-9-14(12)16(19)20/h1-10,13H. The highest BCUT2D eigenvalue weighted by Gasteiger charge is 2.27. The number of benzene rings is 2. The fourth-order valence-corrected chi connectivity index (χ4v) is 1.96. The Hall–Kier alpha value is -2.82. The monoisotopic (exact) mass is 269 g/mol. The fraction of sp³-hybridized carbons (Fsp3) is 0.0667. The van der Waals surface area contributed by atoms with Gasteiger partial charge in [0.05, 0.1) is 10.5 Å². The fourth-order valence-electron chi connectivity index (χ4n) is 1.96. The molecule has 1 atom stereocenters. The molecule has 0 aliphatic heterocycles. The number of rotatable bonds is 5. The molecule has 2 rings (SSSR count). The third kappa shape index (κ3) is 2.61. The third-order valence-electron chi connectivity index (χ3n) is 2.94. The summed E-state index contributed by atoms with van der Waals surface area (Å²) in [5.74, 6) is -1.60. The molecule has 0 spiro atoms. The van der Waals surface area contributed by atoms with Crippen LogP contribution in [0, 0.1) is 10.1 Å². The lowest BCUT2D eigenvalue weighted by Gasteiger charge is -2.09. The van der Waals surface area contributed by atoms with Crippen molar-refractivity contribution in [2.24, 2.45) is 0 Å². The van der Waals surface area contributed by atoms with Gasteiger partial charge in [0, 0.05) is 6.07 Å². The van der Waals surface area contributed by atoms with Crippen LogP contribution in [0.5, 0.6) is 0 Å². The maximum atomic E-state index is 12.4. The predicted octanol–water partition coefficient (Wildman–Crippen LogP) is 2.76. The van der Waals surface area contributed by atoms with Crippen molar-refractivity contribution < 1.29 is 14.5 Å². The summed E-state index contributed by atoms with van der Waals surface area (Å²) in [5.41, 5.74) is 0.171. The highest BCUT2D eigenvalue weighted by atomic mass is 16.6. The number of nitrogens with zero attached hydrogens (tertiary/aromatic N) is 1. The number of aldehydes is 1. The van der Waals surface area contributed by atoms with Gasteiger partial charge < -0.3 is 4.79 Å². The Kier molecular flexibility index (Phi) is 4.00. The highest BCUT2D eigenvalue weighted by Crippen LogP contribution is 2.25. The molecule has 2 aromatic rings. The molecule has 0 fully saturated rings. The topological polar surface area (TPSA) is 77.3 Å². The van der Waals surface area contributed by atoms with Crippen LogP contribution < -0.4 is 0 Å². The molecule has 0 aromatic heterocycles. The van der Waals surface area contributed by atoms with Gasteiger partial charge in [-0.2, -0.15) is 0 Å². The first-order chi connectivity index (χ1) is 9.65. The molecule has 0 aliphatic rings. The maximum Gasteiger partial charge on any atom is 0.280 e. The second-order valence-electron chi connectivity index (χ2n) is 4.16. The summed E-state index contributed by atoms with van der Waals surface area (Å²) < 4.78 is 0. The van der Waals surface area contributed by atoms with Gasteiger partial charge >= 0.3 is 0 Å². The Morgan fingerprint density at radius 1 is 1.05 bits per heavy atom. The van der Waals surface area contributed by atoms with Crippen LogP contribution in [0.1, 0.15) is 21.8 Å². The zero-order valence-electron chi connectivity index (χ0n) is 10.4. The molecule has 0 heterocycles. The molecule has 0 amide bonds. The van der Waals surface area contributed by atoms with Crippen molar-refractivity contribution in [3.05, 3.63) is 75.8 Å². The minimum atomic E-state index is -1.03. The second-order valence-corrected chi connectivity index (χ2v) is 4.16. The van der Waals surface area contributed by atoms with Crippen molar-refractivity contribution in [2.45, 2.75) is 5.92 Å². The van der Waals surface area contributed by atoms with E-state index in [-0.39, 0.29) is 11.3 Å². The Bertz CT molecular complexity index is 652. The van der Waals surface area contributed by atoms with E-state index in [0.29, 0.717) is 11.8 Å². The number of nitro groups is 1. The summed E-state index contributed by atoms with van der Waals surface area (Å²) in [6, 6.07) is 14.1. The van der Waals surface area contributed by atoms with E-state index < -0.39 is 16.6 Å². The van der Waals surface area contributed by atoms with Gasteiger partial charge in [-0.1, -0.05) is 42.5 Å². The van der Waals surface area contributed by atoms with Crippen LogP contribution in [0.3, 0.4) is 0 Å². The number of ketones is 1. The molecular weight excluding hydrogens is 258 g/mol. The van der Waals surface area contributed by atoms with Crippen LogP contribution in [0.2, 0.25) is 0 Å². The van der Waals surface area contributed by atoms with Crippen molar-refractivity contribution in [1.82, 2.24) is 0 Å². The quantitative estimate of drug-likeness (QED) is 0.275. The number of carbonyl (C=O) groups excluding carboxylic acids is 2. The number of carbonyl (C=O) groups is 2. The summed E-state index contributed by atoms with van der Waals surface area (Å²) in [5, 5.41) is 10.9. The first-order valence-electron chi connectivity index (χ1n) is 5.93. The largest absolute Gasteiger partial charge is 0.302 e. The average molecular weight is 269 g/mol. The minimum absolute atomic E-state index is 0.0570. The molecule has 5 heteroatoms. The third-order valence-corrected chi connectivity index (χ3v) is 2.94. The van der Waals surface area contributed by atoms with E-state index >= 15 is 0 Å². The lowest BCUT2D eigenvalue weighted by Crippen LogP contribution is -2.15. The van der Waals surface area contributed by atoms with E-state index in [1.165, 1.54) is 24.3 Å². The molecule has 0 N–H and O–H groups in total. The molecule has 0 saturated heterocycles. The van der Waals surface area contributed by atoms with Gasteiger partial charge in [-0.3, -0.25) is 14.9 Å². The molecule has 0 bridgehead atoms. The number of hydrogen-bond donors (Lipinski definition) is 0. The zero-order valence-corrected chi connectivity index (χ0v) is 10.4. The van der Waals surface area contributed by atoms with Gasteiger partial charge in [0.2, 0.25) is 0 Å². The number of para-hydroxylation sites is 1. The first-order valence-corrected chi connectivity index (χ1v) is 5.93. The minimum Gasteiger partial charge on any atom is -0.302 e. The molecular formula is C15H11NO4. The maximum absolute atomic E-state index is 12.4. The molecule has 5 nitrogen and oxygen atoms in total. The SMILES string of the molecule is O=CC(C(=O)c1ccccc1[N+](=O)[O-])c1ccccc1. The van der Waals surface area contributed by atoms with E-state index in [2.05, 4.69) is 0 Å². The average Bonchev–Trinajstić information content (AvgIpc) is 2.49. The van der Waals surface area contributed by atoms with Crippen molar-refractivity contribution in [2.75, 3.05) is 0 Å². The van der Waals surface area contributed by atoms with Gasteiger partial charge in [-0.05, 0) is 11.6 Å². The van der Waals surface area contributed by atoms with Crippen LogP contribution in [0.25, 0.3) is 0 Å². The number of nitro benzene ring substituents is 1. The van der Waals surface area contributed by atoms with Crippen LogP contribution in [-0.4, -0.2) is 17.0 Å². The number of hydrogen-bond acceptors (Lipinski definition) is 4. The van der Waals surface area contributed by atoms with Crippen molar-refractivity contribution >= 4 is 17.8 Å². The Morgan fingerprint density at radius 3 is 2.25 bits per heavy atom. The lowest BCUT2D eigenvalue weighted by molar-refractivity contribution is -0.385. The molecule has 0 radical (unpaired) electrons. The van der Waals surface area contributed by atoms with Crippen LogP contribution >= 0.6 is 0 Å². The summed E-state index contributed by atoms with van der Waals surface area (Å²) in [4.78, 5) is 33.9. The first kappa shape index (κ1) is 13.6. The summed E-state index contributed by atoms with van der Waals surface area (Å²) >= 11 is 0. The Labute approximate surface area is 115 Å². The summed E-state index contributed by atoms with van der Waals surface area (Å²) in [7, 11) is 0. The van der Waals surface area contributed by atoms with Gasteiger partial charge in [0.15, 0.2) is 5.78 Å². The lowest BCUT2D eigenvalue weighted by atomic mass is 9.91. The molecule has 2 aromatic carbocycles. The Morgan fingerprint density at radius 2 is 1.65 bits per heavy atom. The molecule has 1 unspecified atom stereocenters. The highest BCUT2D eigenvalue weighted by molar-refractivity contribution is 6.11. The van der Waals surface area contributed by atoms with Gasteiger partial charge in [0.25, 0.3) is 5.69 Å². The summed E-state index contributed by atoms with van der Waals surface area (Å²) in [6.07, 6.45) is 0.508. The zero-order chi connectivity index (χ0) is 14.5. The van der Waals surface area contributed by atoms with Crippen molar-refractivity contribution in [3.8, 4) is 0 Å². The molecule has 20 heavy (non-hydrogen) atoms. The predicted molar refractivity (Wildman–Crippen MR) is 72.7 cm³/mol. The molecule has 0 aliphatic carbocycles. The van der Waals surface area contributed by atoms with Crippen LogP contribution in [-0.2, 0) is 4.79 Å². The normalized spacial score (nSPS) is 11.6. The van der Waals surface area contributed by atoms with Gasteiger partial charge in [0.1, 0.15) is 12.2 Å². The van der Waals surface area contributed by atoms with E-state index in [4.69, 9.17) is 0 Å².